The normalized spacial score (nSPS) is 10.0. The number of hydrogen-bond donors (Lipinski definition) is 2. The highest BCUT2D eigenvalue weighted by Gasteiger charge is 2.15. The first kappa shape index (κ1) is 11.7. The van der Waals surface area contributed by atoms with Gasteiger partial charge in [0.15, 0.2) is 11.5 Å². The van der Waals surface area contributed by atoms with Gasteiger partial charge in [-0.3, -0.25) is 10.1 Å². The van der Waals surface area contributed by atoms with Crippen molar-refractivity contribution in [3.63, 3.8) is 0 Å². The van der Waals surface area contributed by atoms with Crippen molar-refractivity contribution in [2.24, 2.45) is 0 Å². The molecule has 0 aliphatic rings. The number of nitro benzene ring substituents is 1. The number of nitrogens with zero attached hydrogens (tertiary/aromatic N) is 1. The van der Waals surface area contributed by atoms with E-state index >= 15 is 0 Å². The minimum atomic E-state index is -0.577. The van der Waals surface area contributed by atoms with Crippen molar-refractivity contribution >= 4 is 5.69 Å². The molecule has 2 aromatic rings. The van der Waals surface area contributed by atoms with Gasteiger partial charge in [-0.05, 0) is 18.2 Å². The summed E-state index contributed by atoms with van der Waals surface area (Å²) in [6.07, 6.45) is 0. The van der Waals surface area contributed by atoms with E-state index in [0.717, 1.165) is 6.07 Å². The molecule has 0 aromatic heterocycles. The van der Waals surface area contributed by atoms with Gasteiger partial charge in [-0.25, -0.2) is 0 Å². The predicted molar refractivity (Wildman–Crippen MR) is 62.9 cm³/mol. The van der Waals surface area contributed by atoms with Gasteiger partial charge in [-0.2, -0.15) is 0 Å². The third-order valence-corrected chi connectivity index (χ3v) is 2.22. The van der Waals surface area contributed by atoms with Gasteiger partial charge in [0.05, 0.1) is 4.92 Å². The summed E-state index contributed by atoms with van der Waals surface area (Å²) in [5.74, 6) is -0.374. The van der Waals surface area contributed by atoms with Crippen LogP contribution in [0.15, 0.2) is 42.5 Å². The number of hydrogen-bond acceptors (Lipinski definition) is 5. The molecule has 0 amide bonds. The molecule has 0 fully saturated rings. The standard InChI is InChI=1S/C12H9NO5/c14-8-5-6-12(10(15)7-8)18-11-4-2-1-3-9(11)13(16)17/h1-7,14-15H. The molecule has 0 radical (unpaired) electrons. The van der Waals surface area contributed by atoms with Gasteiger partial charge < -0.3 is 14.9 Å². The Labute approximate surface area is 102 Å². The molecule has 0 saturated carbocycles. The van der Waals surface area contributed by atoms with Gasteiger partial charge in [-0.1, -0.05) is 12.1 Å². The first-order valence-electron chi connectivity index (χ1n) is 5.01. The topological polar surface area (TPSA) is 92.8 Å². The Morgan fingerprint density at radius 3 is 2.44 bits per heavy atom. The molecule has 2 rings (SSSR count). The number of ether oxygens (including phenoxy) is 1. The Kier molecular flexibility index (Phi) is 3.01. The number of para-hydroxylation sites is 2. The smallest absolute Gasteiger partial charge is 0.311 e. The van der Waals surface area contributed by atoms with Crippen LogP contribution in [0.5, 0.6) is 23.0 Å². The maximum atomic E-state index is 10.8. The Morgan fingerprint density at radius 1 is 1.06 bits per heavy atom. The van der Waals surface area contributed by atoms with Crippen LogP contribution < -0.4 is 4.74 Å². The fraction of sp³-hybridized carbons (Fsp3) is 0. The molecule has 6 heteroatoms. The summed E-state index contributed by atoms with van der Waals surface area (Å²) in [6, 6.07) is 9.54. The van der Waals surface area contributed by atoms with Gasteiger partial charge in [0, 0.05) is 12.1 Å². The van der Waals surface area contributed by atoms with E-state index in [0.29, 0.717) is 0 Å². The number of nitro groups is 1. The highest BCUT2D eigenvalue weighted by atomic mass is 16.6. The Bertz CT molecular complexity index is 597. The number of phenols is 2. The van der Waals surface area contributed by atoms with E-state index in [9.17, 15) is 15.2 Å². The van der Waals surface area contributed by atoms with Crippen molar-refractivity contribution in [3.05, 3.63) is 52.6 Å². The summed E-state index contributed by atoms with van der Waals surface area (Å²) in [5.41, 5.74) is -0.204. The number of benzene rings is 2. The predicted octanol–water partition coefficient (Wildman–Crippen LogP) is 2.80. The maximum absolute atomic E-state index is 10.8. The molecule has 0 saturated heterocycles. The molecule has 0 spiro atoms. The summed E-state index contributed by atoms with van der Waals surface area (Å²) >= 11 is 0. The molecular weight excluding hydrogens is 238 g/mol. The zero-order valence-corrected chi connectivity index (χ0v) is 9.11. The summed E-state index contributed by atoms with van der Waals surface area (Å²) in [7, 11) is 0. The van der Waals surface area contributed by atoms with E-state index in [2.05, 4.69) is 0 Å². The van der Waals surface area contributed by atoms with Crippen molar-refractivity contribution in [1.29, 1.82) is 0 Å². The van der Waals surface area contributed by atoms with Crippen LogP contribution in [0.4, 0.5) is 5.69 Å². The fourth-order valence-corrected chi connectivity index (χ4v) is 1.40. The van der Waals surface area contributed by atoms with Crippen LogP contribution in [0, 0.1) is 10.1 Å². The van der Waals surface area contributed by atoms with Gasteiger partial charge in [0.25, 0.3) is 0 Å². The lowest BCUT2D eigenvalue weighted by atomic mass is 10.3. The Morgan fingerprint density at radius 2 is 1.78 bits per heavy atom. The van der Waals surface area contributed by atoms with Crippen molar-refractivity contribution in [1.82, 2.24) is 0 Å². The van der Waals surface area contributed by atoms with Crippen molar-refractivity contribution in [2.75, 3.05) is 0 Å². The van der Waals surface area contributed by atoms with Crippen LogP contribution in [-0.4, -0.2) is 15.1 Å². The Balaban J connectivity index is 2.37. The summed E-state index contributed by atoms with van der Waals surface area (Å²) in [4.78, 5) is 10.2. The van der Waals surface area contributed by atoms with Crippen molar-refractivity contribution in [2.45, 2.75) is 0 Å². The van der Waals surface area contributed by atoms with Crippen LogP contribution in [0.3, 0.4) is 0 Å². The summed E-state index contributed by atoms with van der Waals surface area (Å²) in [6.45, 7) is 0. The maximum Gasteiger partial charge on any atom is 0.311 e. The van der Waals surface area contributed by atoms with Crippen LogP contribution in [0.2, 0.25) is 0 Å². The lowest BCUT2D eigenvalue weighted by Gasteiger charge is -2.07. The first-order valence-corrected chi connectivity index (χ1v) is 5.01. The van der Waals surface area contributed by atoms with E-state index in [1.807, 2.05) is 0 Å². The van der Waals surface area contributed by atoms with Gasteiger partial charge in [0.2, 0.25) is 5.75 Å². The summed E-state index contributed by atoms with van der Waals surface area (Å²) < 4.78 is 5.25. The molecule has 0 aliphatic heterocycles. The molecular formula is C12H9NO5. The quantitative estimate of drug-likeness (QED) is 0.642. The highest BCUT2D eigenvalue weighted by Crippen LogP contribution is 2.36. The molecule has 0 bridgehead atoms. The van der Waals surface area contributed by atoms with Crippen LogP contribution in [0.1, 0.15) is 0 Å². The molecule has 0 aliphatic carbocycles. The van der Waals surface area contributed by atoms with E-state index in [1.54, 1.807) is 6.07 Å². The van der Waals surface area contributed by atoms with Crippen molar-refractivity contribution in [3.8, 4) is 23.0 Å². The van der Waals surface area contributed by atoms with E-state index in [-0.39, 0.29) is 28.7 Å². The second kappa shape index (κ2) is 4.62. The number of aromatic hydroxyl groups is 2. The first-order chi connectivity index (χ1) is 8.58. The molecule has 18 heavy (non-hydrogen) atoms. The fourth-order valence-electron chi connectivity index (χ4n) is 1.40. The van der Waals surface area contributed by atoms with Crippen molar-refractivity contribution < 1.29 is 19.9 Å². The van der Waals surface area contributed by atoms with E-state index in [4.69, 9.17) is 9.84 Å². The number of phenolic OH excluding ortho intramolecular Hbond substituents is 2. The average molecular weight is 247 g/mol. The summed E-state index contributed by atoms with van der Waals surface area (Å²) in [5, 5.41) is 29.4. The number of rotatable bonds is 3. The third kappa shape index (κ3) is 2.32. The largest absolute Gasteiger partial charge is 0.508 e. The van der Waals surface area contributed by atoms with Crippen LogP contribution in [-0.2, 0) is 0 Å². The highest BCUT2D eigenvalue weighted by molar-refractivity contribution is 5.51. The third-order valence-electron chi connectivity index (χ3n) is 2.22. The minimum Gasteiger partial charge on any atom is -0.508 e. The second-order valence-corrected chi connectivity index (χ2v) is 3.48. The molecule has 0 heterocycles. The van der Waals surface area contributed by atoms with Crippen LogP contribution >= 0.6 is 0 Å². The monoisotopic (exact) mass is 247 g/mol. The van der Waals surface area contributed by atoms with E-state index < -0.39 is 4.92 Å². The zero-order valence-electron chi connectivity index (χ0n) is 9.11. The van der Waals surface area contributed by atoms with Gasteiger partial charge in [0.1, 0.15) is 5.75 Å². The minimum absolute atomic E-state index is 0.0171. The molecule has 92 valence electrons. The lowest BCUT2D eigenvalue weighted by molar-refractivity contribution is -0.385. The molecule has 0 atom stereocenters. The molecule has 2 aromatic carbocycles. The van der Waals surface area contributed by atoms with Gasteiger partial charge >= 0.3 is 5.69 Å². The Hall–Kier alpha value is -2.76. The van der Waals surface area contributed by atoms with Gasteiger partial charge in [-0.15, -0.1) is 0 Å². The molecule has 0 unspecified atom stereocenters. The zero-order chi connectivity index (χ0) is 13.1. The van der Waals surface area contributed by atoms with Crippen LogP contribution in [0.25, 0.3) is 0 Å². The second-order valence-electron chi connectivity index (χ2n) is 3.48. The van der Waals surface area contributed by atoms with E-state index in [1.165, 1.54) is 30.3 Å². The lowest BCUT2D eigenvalue weighted by Crippen LogP contribution is -1.93. The molecule has 6 nitrogen and oxygen atoms in total. The average Bonchev–Trinajstić information content (AvgIpc) is 2.33. The SMILES string of the molecule is O=[N+]([O-])c1ccccc1Oc1ccc(O)cc1O. The molecule has 2 N–H and O–H groups in total.